The first kappa shape index (κ1) is 12.6. The van der Waals surface area contributed by atoms with Gasteiger partial charge in [-0.3, -0.25) is 9.89 Å². The summed E-state index contributed by atoms with van der Waals surface area (Å²) in [5.41, 5.74) is 0. The molecule has 5 heteroatoms. The summed E-state index contributed by atoms with van der Waals surface area (Å²) in [4.78, 5) is 16.1. The molecule has 104 valence electrons. The number of nitrogens with zero attached hydrogens (tertiary/aromatic N) is 2. The van der Waals surface area contributed by atoms with Gasteiger partial charge in [-0.25, -0.2) is 4.98 Å². The molecule has 3 rings (SSSR count). The first-order valence-electron chi connectivity index (χ1n) is 7.53. The third kappa shape index (κ3) is 3.33. The van der Waals surface area contributed by atoms with Crippen molar-refractivity contribution >= 4 is 5.91 Å². The van der Waals surface area contributed by atoms with E-state index in [0.717, 1.165) is 37.5 Å². The van der Waals surface area contributed by atoms with Crippen LogP contribution in [0.25, 0.3) is 0 Å². The zero-order valence-electron chi connectivity index (χ0n) is 11.3. The average molecular weight is 262 g/mol. The van der Waals surface area contributed by atoms with Gasteiger partial charge in [0.25, 0.3) is 5.91 Å². The van der Waals surface area contributed by atoms with Crippen molar-refractivity contribution in [2.45, 2.75) is 57.3 Å². The summed E-state index contributed by atoms with van der Waals surface area (Å²) in [6, 6.07) is 0. The Labute approximate surface area is 113 Å². The molecule has 1 heterocycles. The maximum Gasteiger partial charge on any atom is 0.290 e. The van der Waals surface area contributed by atoms with Gasteiger partial charge >= 0.3 is 0 Å². The fourth-order valence-corrected chi connectivity index (χ4v) is 2.89. The smallest absolute Gasteiger partial charge is 0.290 e. The van der Waals surface area contributed by atoms with Crippen LogP contribution in [0.1, 0.15) is 73.7 Å². The highest BCUT2D eigenvalue weighted by molar-refractivity contribution is 5.90. The summed E-state index contributed by atoms with van der Waals surface area (Å²) in [5, 5.41) is 9.76. The second-order valence-corrected chi connectivity index (χ2v) is 5.87. The number of hydrogen-bond acceptors (Lipinski definition) is 3. The Hall–Kier alpha value is -1.39. The fourth-order valence-electron chi connectivity index (χ4n) is 2.89. The lowest BCUT2D eigenvalue weighted by atomic mass is 10.0. The van der Waals surface area contributed by atoms with Crippen molar-refractivity contribution in [3.8, 4) is 0 Å². The molecule has 0 saturated heterocycles. The molecule has 0 radical (unpaired) electrons. The van der Waals surface area contributed by atoms with Crippen LogP contribution in [0.3, 0.4) is 0 Å². The Bertz CT molecular complexity index is 432. The van der Waals surface area contributed by atoms with Crippen LogP contribution < -0.4 is 5.32 Å². The molecule has 2 N–H and O–H groups in total. The third-order valence-electron chi connectivity index (χ3n) is 4.22. The number of aromatic nitrogens is 3. The van der Waals surface area contributed by atoms with E-state index in [0.29, 0.717) is 11.7 Å². The molecule has 1 amide bonds. The summed E-state index contributed by atoms with van der Waals surface area (Å²) < 4.78 is 0. The Morgan fingerprint density at radius 1 is 1.26 bits per heavy atom. The number of hydrogen-bond donors (Lipinski definition) is 2. The van der Waals surface area contributed by atoms with Crippen molar-refractivity contribution in [1.29, 1.82) is 0 Å². The van der Waals surface area contributed by atoms with Crippen LogP contribution in [-0.4, -0.2) is 27.6 Å². The summed E-state index contributed by atoms with van der Waals surface area (Å²) in [6.07, 6.45) is 10.2. The molecule has 1 aromatic heterocycles. The highest BCUT2D eigenvalue weighted by atomic mass is 16.2. The molecule has 1 aromatic rings. The lowest BCUT2D eigenvalue weighted by Gasteiger charge is -2.08. The van der Waals surface area contributed by atoms with Gasteiger partial charge in [0.15, 0.2) is 0 Å². The van der Waals surface area contributed by atoms with Crippen molar-refractivity contribution in [3.05, 3.63) is 11.6 Å². The molecule has 0 atom stereocenters. The van der Waals surface area contributed by atoms with E-state index in [-0.39, 0.29) is 5.91 Å². The minimum absolute atomic E-state index is 0.144. The van der Waals surface area contributed by atoms with E-state index < -0.39 is 0 Å². The van der Waals surface area contributed by atoms with Crippen LogP contribution >= 0.6 is 0 Å². The van der Waals surface area contributed by atoms with Crippen molar-refractivity contribution in [2.24, 2.45) is 5.92 Å². The number of carbonyl (C=O) groups excluding carboxylic acids is 1. The molecule has 2 fully saturated rings. The Kier molecular flexibility index (Phi) is 3.80. The molecule has 0 unspecified atom stereocenters. The van der Waals surface area contributed by atoms with Crippen LogP contribution in [0.2, 0.25) is 0 Å². The molecule has 0 spiro atoms. The lowest BCUT2D eigenvalue weighted by molar-refractivity contribution is 0.0942. The van der Waals surface area contributed by atoms with Crippen molar-refractivity contribution in [3.63, 3.8) is 0 Å². The molecular weight excluding hydrogens is 240 g/mol. The van der Waals surface area contributed by atoms with E-state index in [1.807, 2.05) is 0 Å². The number of aromatic amines is 1. The van der Waals surface area contributed by atoms with Gasteiger partial charge in [-0.05, 0) is 31.6 Å². The molecule has 0 aromatic carbocycles. The van der Waals surface area contributed by atoms with E-state index >= 15 is 0 Å². The lowest BCUT2D eigenvalue weighted by Crippen LogP contribution is -2.25. The van der Waals surface area contributed by atoms with Gasteiger partial charge < -0.3 is 5.32 Å². The number of carbonyl (C=O) groups is 1. The molecule has 0 bridgehead atoms. The quantitative estimate of drug-likeness (QED) is 0.773. The maximum absolute atomic E-state index is 11.8. The first-order chi connectivity index (χ1) is 9.33. The Morgan fingerprint density at radius 2 is 2.05 bits per heavy atom. The second kappa shape index (κ2) is 5.72. The first-order valence-corrected chi connectivity index (χ1v) is 7.53. The van der Waals surface area contributed by atoms with Gasteiger partial charge in [0.1, 0.15) is 5.82 Å². The van der Waals surface area contributed by atoms with Crippen molar-refractivity contribution < 1.29 is 4.79 Å². The Balaban J connectivity index is 1.37. The summed E-state index contributed by atoms with van der Waals surface area (Å²) in [6.45, 7) is 0.739. The SMILES string of the molecule is O=C(NCCCC1CCCC1)c1n[nH]c(C2CC2)n1. The minimum atomic E-state index is -0.144. The fraction of sp³-hybridized carbons (Fsp3) is 0.786. The predicted molar refractivity (Wildman–Crippen MR) is 71.9 cm³/mol. The maximum atomic E-state index is 11.8. The van der Waals surface area contributed by atoms with Gasteiger partial charge in [-0.2, -0.15) is 0 Å². The predicted octanol–water partition coefficient (Wildman–Crippen LogP) is 2.38. The van der Waals surface area contributed by atoms with E-state index in [9.17, 15) is 4.79 Å². The van der Waals surface area contributed by atoms with Crippen LogP contribution in [0, 0.1) is 5.92 Å². The zero-order valence-corrected chi connectivity index (χ0v) is 11.3. The molecule has 19 heavy (non-hydrogen) atoms. The van der Waals surface area contributed by atoms with Crippen LogP contribution in [0.5, 0.6) is 0 Å². The third-order valence-corrected chi connectivity index (χ3v) is 4.22. The average Bonchev–Trinajstić information content (AvgIpc) is 2.95. The summed E-state index contributed by atoms with van der Waals surface area (Å²) >= 11 is 0. The van der Waals surface area contributed by atoms with Crippen LogP contribution in [0.4, 0.5) is 0 Å². The van der Waals surface area contributed by atoms with Gasteiger partial charge in [0.2, 0.25) is 5.82 Å². The topological polar surface area (TPSA) is 70.7 Å². The molecule has 2 saturated carbocycles. The molecule has 0 aliphatic heterocycles. The number of nitrogens with one attached hydrogen (secondary N) is 2. The van der Waals surface area contributed by atoms with E-state index in [1.165, 1.54) is 32.1 Å². The van der Waals surface area contributed by atoms with Gasteiger partial charge in [0, 0.05) is 12.5 Å². The van der Waals surface area contributed by atoms with E-state index in [4.69, 9.17) is 0 Å². The zero-order chi connectivity index (χ0) is 13.1. The van der Waals surface area contributed by atoms with Crippen LogP contribution in [-0.2, 0) is 0 Å². The highest BCUT2D eigenvalue weighted by Crippen LogP contribution is 2.37. The molecule has 2 aliphatic rings. The van der Waals surface area contributed by atoms with Crippen molar-refractivity contribution in [2.75, 3.05) is 6.54 Å². The van der Waals surface area contributed by atoms with Gasteiger partial charge in [0.05, 0.1) is 0 Å². The Morgan fingerprint density at radius 3 is 2.79 bits per heavy atom. The molecule has 5 nitrogen and oxygen atoms in total. The van der Waals surface area contributed by atoms with Crippen molar-refractivity contribution in [1.82, 2.24) is 20.5 Å². The summed E-state index contributed by atoms with van der Waals surface area (Å²) in [5.74, 6) is 2.42. The van der Waals surface area contributed by atoms with Crippen LogP contribution in [0.15, 0.2) is 0 Å². The second-order valence-electron chi connectivity index (χ2n) is 5.87. The molecule has 2 aliphatic carbocycles. The highest BCUT2D eigenvalue weighted by Gasteiger charge is 2.28. The van der Waals surface area contributed by atoms with Gasteiger partial charge in [-0.1, -0.05) is 25.7 Å². The van der Waals surface area contributed by atoms with E-state index in [2.05, 4.69) is 20.5 Å². The number of amides is 1. The largest absolute Gasteiger partial charge is 0.349 e. The standard InChI is InChI=1S/C14H22N4O/c19-14(13-16-12(17-18-13)11-7-8-11)15-9-3-6-10-4-1-2-5-10/h10-11H,1-9H2,(H,15,19)(H,16,17,18). The monoisotopic (exact) mass is 262 g/mol. The number of rotatable bonds is 6. The minimum Gasteiger partial charge on any atom is -0.349 e. The molecular formula is C14H22N4O. The van der Waals surface area contributed by atoms with E-state index in [1.54, 1.807) is 0 Å². The summed E-state index contributed by atoms with van der Waals surface area (Å²) in [7, 11) is 0. The van der Waals surface area contributed by atoms with Gasteiger partial charge in [-0.15, -0.1) is 5.10 Å². The normalized spacial score (nSPS) is 19.8. The number of H-pyrrole nitrogens is 1.